The summed E-state index contributed by atoms with van der Waals surface area (Å²) < 4.78 is 10.8. The van der Waals surface area contributed by atoms with E-state index in [4.69, 9.17) is 9.47 Å². The Kier molecular flexibility index (Phi) is 4.68. The minimum Gasteiger partial charge on any atom is -0.480 e. The highest BCUT2D eigenvalue weighted by molar-refractivity contribution is 7.17. The number of benzene rings is 1. The summed E-state index contributed by atoms with van der Waals surface area (Å²) in [6.45, 7) is 0. The number of fused-ring (bicyclic) bond motifs is 2. The number of anilines is 1. The van der Waals surface area contributed by atoms with E-state index in [1.165, 1.54) is 23.3 Å². The quantitative estimate of drug-likeness (QED) is 0.659. The molecule has 2 aromatic rings. The first kappa shape index (κ1) is 17.1. The number of carbonyl (C=O) groups excluding carboxylic acids is 2. The molecule has 5 nitrogen and oxygen atoms in total. The second-order valence-corrected chi connectivity index (χ2v) is 7.77. The summed E-state index contributed by atoms with van der Waals surface area (Å²) in [5.41, 5.74) is 2.60. The third-order valence-electron chi connectivity index (χ3n) is 4.99. The lowest BCUT2D eigenvalue weighted by Crippen LogP contribution is -2.31. The molecule has 4 rings (SSSR count). The van der Waals surface area contributed by atoms with Crippen LogP contribution in [0.2, 0.25) is 0 Å². The minimum atomic E-state index is -0.570. The average Bonchev–Trinajstić information content (AvgIpc) is 3.15. The van der Waals surface area contributed by atoms with Gasteiger partial charge in [0.2, 0.25) is 0 Å². The van der Waals surface area contributed by atoms with Crippen molar-refractivity contribution in [2.75, 3.05) is 12.4 Å². The molecule has 6 heteroatoms. The van der Waals surface area contributed by atoms with Crippen molar-refractivity contribution in [3.8, 4) is 5.75 Å². The van der Waals surface area contributed by atoms with Gasteiger partial charge in [-0.3, -0.25) is 4.79 Å². The monoisotopic (exact) mass is 371 g/mol. The number of para-hydroxylation sites is 1. The summed E-state index contributed by atoms with van der Waals surface area (Å²) in [4.78, 5) is 26.3. The summed E-state index contributed by atoms with van der Waals surface area (Å²) in [6.07, 6.45) is 5.12. The van der Waals surface area contributed by atoms with Crippen molar-refractivity contribution >= 4 is 28.2 Å². The van der Waals surface area contributed by atoms with Gasteiger partial charge in [-0.1, -0.05) is 24.6 Å². The molecule has 1 amide bonds. The van der Waals surface area contributed by atoms with Crippen molar-refractivity contribution in [2.24, 2.45) is 0 Å². The number of methoxy groups -OCH3 is 1. The lowest BCUT2D eigenvalue weighted by atomic mass is 10.1. The number of hydrogen-bond donors (Lipinski definition) is 1. The Morgan fingerprint density at radius 1 is 1.19 bits per heavy atom. The Balaban J connectivity index is 1.58. The van der Waals surface area contributed by atoms with Gasteiger partial charge >= 0.3 is 5.97 Å². The molecule has 0 saturated heterocycles. The Hall–Kier alpha value is -2.34. The molecule has 136 valence electrons. The number of thiophene rings is 1. The molecule has 0 bridgehead atoms. The maximum atomic E-state index is 12.7. The maximum absolute atomic E-state index is 12.7. The Bertz CT molecular complexity index is 832. The van der Waals surface area contributed by atoms with Gasteiger partial charge in [0.15, 0.2) is 6.10 Å². The summed E-state index contributed by atoms with van der Waals surface area (Å²) in [5.74, 6) is 0.154. The molecule has 1 aromatic carbocycles. The summed E-state index contributed by atoms with van der Waals surface area (Å²) >= 11 is 1.50. The Morgan fingerprint density at radius 2 is 2.00 bits per heavy atom. The minimum absolute atomic E-state index is 0.220. The second kappa shape index (κ2) is 7.11. The van der Waals surface area contributed by atoms with Gasteiger partial charge in [-0.05, 0) is 42.9 Å². The van der Waals surface area contributed by atoms with Crippen LogP contribution in [0.5, 0.6) is 5.75 Å². The lowest BCUT2D eigenvalue weighted by molar-refractivity contribution is -0.122. The first-order valence-corrected chi connectivity index (χ1v) is 9.77. The second-order valence-electron chi connectivity index (χ2n) is 6.67. The summed E-state index contributed by atoms with van der Waals surface area (Å²) in [7, 11) is 1.38. The van der Waals surface area contributed by atoms with E-state index in [-0.39, 0.29) is 11.9 Å². The molecule has 1 atom stereocenters. The van der Waals surface area contributed by atoms with Crippen molar-refractivity contribution in [3.05, 3.63) is 45.8 Å². The molecule has 1 aromatic heterocycles. The van der Waals surface area contributed by atoms with E-state index in [1.807, 2.05) is 24.3 Å². The zero-order chi connectivity index (χ0) is 18.1. The van der Waals surface area contributed by atoms with E-state index >= 15 is 0 Å². The Labute approximate surface area is 156 Å². The number of nitrogens with one attached hydrogen (secondary N) is 1. The van der Waals surface area contributed by atoms with E-state index in [0.717, 1.165) is 49.0 Å². The predicted molar refractivity (Wildman–Crippen MR) is 100 cm³/mol. The maximum Gasteiger partial charge on any atom is 0.341 e. The zero-order valence-electron chi connectivity index (χ0n) is 14.7. The summed E-state index contributed by atoms with van der Waals surface area (Å²) in [6, 6.07) is 7.67. The number of hydrogen-bond acceptors (Lipinski definition) is 5. The van der Waals surface area contributed by atoms with Gasteiger partial charge in [0.25, 0.3) is 5.91 Å². The van der Waals surface area contributed by atoms with Crippen molar-refractivity contribution in [1.29, 1.82) is 0 Å². The van der Waals surface area contributed by atoms with Crippen LogP contribution in [-0.2, 0) is 28.8 Å². The number of aryl methyl sites for hydroxylation is 1. The highest BCUT2D eigenvalue weighted by Gasteiger charge is 2.32. The highest BCUT2D eigenvalue weighted by Crippen LogP contribution is 2.38. The number of carbonyl (C=O) groups is 2. The van der Waals surface area contributed by atoms with Gasteiger partial charge in [-0.25, -0.2) is 4.79 Å². The van der Waals surface area contributed by atoms with Crippen LogP contribution in [0.25, 0.3) is 0 Å². The topological polar surface area (TPSA) is 64.6 Å². The van der Waals surface area contributed by atoms with E-state index in [9.17, 15) is 9.59 Å². The fraction of sp³-hybridized carbons (Fsp3) is 0.400. The van der Waals surface area contributed by atoms with Gasteiger partial charge < -0.3 is 14.8 Å². The molecule has 2 aliphatic rings. The van der Waals surface area contributed by atoms with Crippen LogP contribution in [0.3, 0.4) is 0 Å². The fourth-order valence-electron chi connectivity index (χ4n) is 3.67. The molecule has 2 heterocycles. The van der Waals surface area contributed by atoms with Crippen molar-refractivity contribution in [1.82, 2.24) is 0 Å². The first-order chi connectivity index (χ1) is 12.7. The molecule has 0 fully saturated rings. The van der Waals surface area contributed by atoms with Crippen LogP contribution >= 0.6 is 11.3 Å². The molecule has 1 N–H and O–H groups in total. The molecule has 0 spiro atoms. The average molecular weight is 371 g/mol. The molecule has 1 aliphatic carbocycles. The van der Waals surface area contributed by atoms with Crippen LogP contribution in [0.1, 0.15) is 45.6 Å². The standard InChI is InChI=1S/C20H21NO4S/c1-24-20(23)17-13-8-3-2-4-10-16(13)26-19(17)21-18(22)15-11-12-7-5-6-9-14(12)25-15/h5-7,9,15H,2-4,8,10-11H2,1H3,(H,21,22). The third-order valence-corrected chi connectivity index (χ3v) is 6.19. The number of rotatable bonds is 3. The van der Waals surface area contributed by atoms with E-state index in [0.29, 0.717) is 17.0 Å². The molecule has 1 unspecified atom stereocenters. The Morgan fingerprint density at radius 3 is 2.81 bits per heavy atom. The predicted octanol–water partition coefficient (Wildman–Crippen LogP) is 3.75. The van der Waals surface area contributed by atoms with Crippen molar-refractivity contribution in [3.63, 3.8) is 0 Å². The molecule has 26 heavy (non-hydrogen) atoms. The normalized spacial score (nSPS) is 18.3. The van der Waals surface area contributed by atoms with Crippen LogP contribution < -0.4 is 10.1 Å². The van der Waals surface area contributed by atoms with E-state index in [1.54, 1.807) is 0 Å². The van der Waals surface area contributed by atoms with Crippen LogP contribution in [0.15, 0.2) is 24.3 Å². The lowest BCUT2D eigenvalue weighted by Gasteiger charge is -2.12. The van der Waals surface area contributed by atoms with Crippen molar-refractivity contribution < 1.29 is 19.1 Å². The van der Waals surface area contributed by atoms with Crippen LogP contribution in [-0.4, -0.2) is 25.1 Å². The van der Waals surface area contributed by atoms with Crippen LogP contribution in [0, 0.1) is 0 Å². The van der Waals surface area contributed by atoms with Gasteiger partial charge in [-0.2, -0.15) is 0 Å². The first-order valence-electron chi connectivity index (χ1n) is 8.95. The molecular formula is C20H21NO4S. The van der Waals surface area contributed by atoms with E-state index in [2.05, 4.69) is 5.32 Å². The number of ether oxygens (including phenoxy) is 2. The number of esters is 1. The SMILES string of the molecule is COC(=O)c1c(NC(=O)C2Cc3ccccc3O2)sc2c1CCCCC2. The molecule has 0 saturated carbocycles. The highest BCUT2D eigenvalue weighted by atomic mass is 32.1. The third kappa shape index (κ3) is 3.09. The largest absolute Gasteiger partial charge is 0.480 e. The summed E-state index contributed by atoms with van der Waals surface area (Å²) in [5, 5.41) is 3.52. The van der Waals surface area contributed by atoms with Gasteiger partial charge in [0, 0.05) is 11.3 Å². The fourth-order valence-corrected chi connectivity index (χ4v) is 4.95. The van der Waals surface area contributed by atoms with Gasteiger partial charge in [0.05, 0.1) is 12.7 Å². The van der Waals surface area contributed by atoms with Crippen LogP contribution in [0.4, 0.5) is 5.00 Å². The van der Waals surface area contributed by atoms with Gasteiger partial charge in [0.1, 0.15) is 10.8 Å². The van der Waals surface area contributed by atoms with E-state index < -0.39 is 6.10 Å². The smallest absolute Gasteiger partial charge is 0.341 e. The number of amides is 1. The zero-order valence-corrected chi connectivity index (χ0v) is 15.5. The van der Waals surface area contributed by atoms with Crippen molar-refractivity contribution in [2.45, 2.75) is 44.6 Å². The molecule has 1 aliphatic heterocycles. The van der Waals surface area contributed by atoms with Gasteiger partial charge in [-0.15, -0.1) is 11.3 Å². The molecular weight excluding hydrogens is 350 g/mol. The molecule has 0 radical (unpaired) electrons.